The van der Waals surface area contributed by atoms with Gasteiger partial charge in [0.25, 0.3) is 0 Å². The number of sulfone groups is 1. The lowest BCUT2D eigenvalue weighted by molar-refractivity contribution is -0.130. The molecule has 2 aromatic carbocycles. The van der Waals surface area contributed by atoms with Crippen molar-refractivity contribution in [3.63, 3.8) is 0 Å². The van der Waals surface area contributed by atoms with E-state index in [-0.39, 0.29) is 36.0 Å². The van der Waals surface area contributed by atoms with Crippen molar-refractivity contribution < 1.29 is 13.2 Å². The van der Waals surface area contributed by atoms with E-state index >= 15 is 0 Å². The van der Waals surface area contributed by atoms with Gasteiger partial charge in [0.05, 0.1) is 18.1 Å². The third-order valence-corrected chi connectivity index (χ3v) is 6.88. The Morgan fingerprint density at radius 3 is 2.33 bits per heavy atom. The van der Waals surface area contributed by atoms with Crippen molar-refractivity contribution in [2.45, 2.75) is 24.9 Å². The Bertz CT molecular complexity index is 854. The van der Waals surface area contributed by atoms with Gasteiger partial charge in [-0.25, -0.2) is 8.42 Å². The summed E-state index contributed by atoms with van der Waals surface area (Å²) in [6.07, 6.45) is 1.30. The third-order valence-electron chi connectivity index (χ3n) is 5.13. The molecule has 1 fully saturated rings. The van der Waals surface area contributed by atoms with Crippen LogP contribution in [-0.2, 0) is 21.1 Å². The molecule has 0 bridgehead atoms. The topological polar surface area (TPSA) is 66.5 Å². The van der Waals surface area contributed by atoms with Gasteiger partial charge in [0.15, 0.2) is 9.84 Å². The number of amides is 1. The van der Waals surface area contributed by atoms with Gasteiger partial charge < -0.3 is 10.2 Å². The molecule has 0 saturated carbocycles. The smallest absolute Gasteiger partial charge is 0.236 e. The highest BCUT2D eigenvalue weighted by molar-refractivity contribution is 7.91. The fourth-order valence-corrected chi connectivity index (χ4v) is 5.24. The minimum atomic E-state index is -3.00. The van der Waals surface area contributed by atoms with Crippen molar-refractivity contribution >= 4 is 15.7 Å². The Balaban J connectivity index is 1.64. The Kier molecular flexibility index (Phi) is 6.29. The SMILES string of the molecule is CN(C(=O)CN[C@@H](Cc1ccccc1)c1ccccc1)[C@@H]1CCS(=O)(=O)C1. The molecule has 0 radical (unpaired) electrons. The molecule has 27 heavy (non-hydrogen) atoms. The highest BCUT2D eigenvalue weighted by Gasteiger charge is 2.32. The molecular formula is C21H26N2O3S. The number of hydrogen-bond acceptors (Lipinski definition) is 4. The fraction of sp³-hybridized carbons (Fsp3) is 0.381. The van der Waals surface area contributed by atoms with Gasteiger partial charge in [-0.15, -0.1) is 0 Å². The molecule has 0 spiro atoms. The molecule has 1 aliphatic heterocycles. The summed E-state index contributed by atoms with van der Waals surface area (Å²) < 4.78 is 23.3. The number of benzene rings is 2. The highest BCUT2D eigenvalue weighted by atomic mass is 32.2. The molecule has 1 aliphatic rings. The summed E-state index contributed by atoms with van der Waals surface area (Å²) in [4.78, 5) is 14.2. The standard InChI is InChI=1S/C21H26N2O3S/c1-23(19-12-13-27(25,26)16-19)21(24)15-22-20(18-10-6-3-7-11-18)14-17-8-4-2-5-9-17/h2-11,19-20,22H,12-16H2,1H3/t19-,20+/m1/s1. The normalized spacial score (nSPS) is 19.5. The van der Waals surface area contributed by atoms with Crippen LogP contribution < -0.4 is 5.32 Å². The number of hydrogen-bond donors (Lipinski definition) is 1. The van der Waals surface area contributed by atoms with Crippen molar-refractivity contribution in [2.75, 3.05) is 25.1 Å². The lowest BCUT2D eigenvalue weighted by Crippen LogP contribution is -2.43. The Hall–Kier alpha value is -2.18. The molecule has 6 heteroatoms. The second kappa shape index (κ2) is 8.67. The zero-order valence-corrected chi connectivity index (χ0v) is 16.4. The number of nitrogens with one attached hydrogen (secondary N) is 1. The summed E-state index contributed by atoms with van der Waals surface area (Å²) >= 11 is 0. The second-order valence-electron chi connectivity index (χ2n) is 7.10. The van der Waals surface area contributed by atoms with E-state index in [2.05, 4.69) is 29.6 Å². The number of carbonyl (C=O) groups excluding carboxylic acids is 1. The first-order valence-corrected chi connectivity index (χ1v) is 11.0. The van der Waals surface area contributed by atoms with Crippen LogP contribution in [0.3, 0.4) is 0 Å². The summed E-state index contributed by atoms with van der Waals surface area (Å²) in [7, 11) is -1.30. The minimum Gasteiger partial charge on any atom is -0.341 e. The average Bonchev–Trinajstić information content (AvgIpc) is 3.05. The van der Waals surface area contributed by atoms with Gasteiger partial charge in [0.1, 0.15) is 0 Å². The van der Waals surface area contributed by atoms with E-state index in [1.54, 1.807) is 11.9 Å². The van der Waals surface area contributed by atoms with Gasteiger partial charge >= 0.3 is 0 Å². The van der Waals surface area contributed by atoms with E-state index in [0.717, 1.165) is 12.0 Å². The van der Waals surface area contributed by atoms with E-state index in [9.17, 15) is 13.2 Å². The zero-order chi connectivity index (χ0) is 19.3. The van der Waals surface area contributed by atoms with Crippen LogP contribution in [0.2, 0.25) is 0 Å². The van der Waals surface area contributed by atoms with Gasteiger partial charge in [0, 0.05) is 19.1 Å². The highest BCUT2D eigenvalue weighted by Crippen LogP contribution is 2.19. The first kappa shape index (κ1) is 19.6. The summed E-state index contributed by atoms with van der Waals surface area (Å²) in [5.41, 5.74) is 2.32. The Morgan fingerprint density at radius 2 is 1.74 bits per heavy atom. The molecule has 3 rings (SSSR count). The van der Waals surface area contributed by atoms with Crippen molar-refractivity contribution in [1.82, 2.24) is 10.2 Å². The number of rotatable bonds is 7. The second-order valence-corrected chi connectivity index (χ2v) is 9.32. The molecule has 5 nitrogen and oxygen atoms in total. The van der Waals surface area contributed by atoms with Crippen LogP contribution in [-0.4, -0.2) is 50.4 Å². The molecule has 1 heterocycles. The summed E-state index contributed by atoms with van der Waals surface area (Å²) in [6, 6.07) is 20.0. The van der Waals surface area contributed by atoms with Crippen molar-refractivity contribution in [3.05, 3.63) is 71.8 Å². The predicted molar refractivity (Wildman–Crippen MR) is 107 cm³/mol. The van der Waals surface area contributed by atoms with E-state index in [1.807, 2.05) is 36.4 Å². The summed E-state index contributed by atoms with van der Waals surface area (Å²) in [6.45, 7) is 0.180. The molecule has 1 N–H and O–H groups in total. The maximum atomic E-state index is 12.6. The maximum Gasteiger partial charge on any atom is 0.236 e. The predicted octanol–water partition coefficient (Wildman–Crippen LogP) is 2.21. The molecule has 0 unspecified atom stereocenters. The average molecular weight is 387 g/mol. The molecule has 2 atom stereocenters. The number of nitrogens with zero attached hydrogens (tertiary/aromatic N) is 1. The molecular weight excluding hydrogens is 360 g/mol. The van der Waals surface area contributed by atoms with Crippen LogP contribution >= 0.6 is 0 Å². The molecule has 1 saturated heterocycles. The number of carbonyl (C=O) groups is 1. The molecule has 0 aliphatic carbocycles. The first-order valence-electron chi connectivity index (χ1n) is 9.23. The van der Waals surface area contributed by atoms with Gasteiger partial charge in [0.2, 0.25) is 5.91 Å². The van der Waals surface area contributed by atoms with E-state index in [1.165, 1.54) is 5.56 Å². The van der Waals surface area contributed by atoms with E-state index in [4.69, 9.17) is 0 Å². The van der Waals surface area contributed by atoms with Crippen LogP contribution in [0.1, 0.15) is 23.6 Å². The van der Waals surface area contributed by atoms with Crippen LogP contribution in [0.25, 0.3) is 0 Å². The maximum absolute atomic E-state index is 12.6. The van der Waals surface area contributed by atoms with Gasteiger partial charge in [-0.1, -0.05) is 60.7 Å². The molecule has 1 amide bonds. The largest absolute Gasteiger partial charge is 0.341 e. The van der Waals surface area contributed by atoms with Crippen molar-refractivity contribution in [2.24, 2.45) is 0 Å². The van der Waals surface area contributed by atoms with Crippen LogP contribution in [0, 0.1) is 0 Å². The lowest BCUT2D eigenvalue weighted by Gasteiger charge is -2.25. The van der Waals surface area contributed by atoms with Crippen LogP contribution in [0.15, 0.2) is 60.7 Å². The van der Waals surface area contributed by atoms with Crippen LogP contribution in [0.4, 0.5) is 0 Å². The van der Waals surface area contributed by atoms with Gasteiger partial charge in [-0.2, -0.15) is 0 Å². The Labute approximate surface area is 161 Å². The zero-order valence-electron chi connectivity index (χ0n) is 15.5. The summed E-state index contributed by atoms with van der Waals surface area (Å²) in [5.74, 6) is 0.163. The van der Waals surface area contributed by atoms with E-state index in [0.29, 0.717) is 6.42 Å². The monoisotopic (exact) mass is 386 g/mol. The molecule has 2 aromatic rings. The van der Waals surface area contributed by atoms with Gasteiger partial charge in [-0.05, 0) is 24.0 Å². The Morgan fingerprint density at radius 1 is 1.11 bits per heavy atom. The van der Waals surface area contributed by atoms with Crippen LogP contribution in [0.5, 0.6) is 0 Å². The molecule has 0 aromatic heterocycles. The lowest BCUT2D eigenvalue weighted by atomic mass is 9.99. The first-order chi connectivity index (χ1) is 12.9. The fourth-order valence-electron chi connectivity index (χ4n) is 3.46. The third kappa shape index (κ3) is 5.40. The van der Waals surface area contributed by atoms with Crippen molar-refractivity contribution in [1.29, 1.82) is 0 Å². The minimum absolute atomic E-state index is 0.0123. The number of likely N-dealkylation sites (N-methyl/N-ethyl adjacent to an activating group) is 1. The van der Waals surface area contributed by atoms with Gasteiger partial charge in [-0.3, -0.25) is 4.79 Å². The summed E-state index contributed by atoms with van der Waals surface area (Å²) in [5, 5.41) is 3.37. The van der Waals surface area contributed by atoms with Crippen molar-refractivity contribution in [3.8, 4) is 0 Å². The quantitative estimate of drug-likeness (QED) is 0.792. The van der Waals surface area contributed by atoms with E-state index < -0.39 is 9.84 Å². The molecule has 144 valence electrons.